The number of carboxylic acid groups (broad SMARTS) is 1. The minimum absolute atomic E-state index is 0. The molecule has 1 spiro atoms. The van der Waals surface area contributed by atoms with Crippen molar-refractivity contribution in [3.8, 4) is 17.2 Å². The average molecular weight is 447 g/mol. The molecule has 5 rings (SSSR count). The van der Waals surface area contributed by atoms with Crippen molar-refractivity contribution in [3.05, 3.63) is 17.2 Å². The van der Waals surface area contributed by atoms with Gasteiger partial charge in [-0.15, -0.1) is 24.8 Å². The number of carboxylic acids is 1. The molecule has 162 valence electrons. The Kier molecular flexibility index (Phi) is 5.91. The largest absolute Gasteiger partial charge is 0.504 e. The number of aliphatic carboxylic acids is 1. The maximum Gasteiger partial charge on any atom is 0.317 e. The number of phenols is 1. The topological polar surface area (TPSA) is 91.3 Å². The van der Waals surface area contributed by atoms with E-state index in [9.17, 15) is 9.90 Å². The second-order valence-electron chi connectivity index (χ2n) is 8.43. The zero-order valence-corrected chi connectivity index (χ0v) is 18.1. The van der Waals surface area contributed by atoms with Gasteiger partial charge < -0.3 is 29.9 Å². The van der Waals surface area contributed by atoms with E-state index in [2.05, 4.69) is 17.3 Å². The number of likely N-dealkylation sites (tertiary alicyclic amines) is 1. The van der Waals surface area contributed by atoms with Crippen molar-refractivity contribution in [3.63, 3.8) is 0 Å². The summed E-state index contributed by atoms with van der Waals surface area (Å²) in [6.45, 7) is 0.899. The summed E-state index contributed by atoms with van der Waals surface area (Å²) in [6, 6.07) is 2.05. The SMILES string of the molecule is COc1cc(O)c2c3c1C[C@@H]1[C@@H]4CC[C@H](NCC(=O)O)[C@H](O2)[C@]34CCN1C.Cl.Cl. The Bertz CT molecular complexity index is 823. The molecule has 1 saturated carbocycles. The lowest BCUT2D eigenvalue weighted by Gasteiger charge is -2.59. The standard InChI is InChI=1S/C20H26N2O5.2ClH/c1-22-6-5-20-11-3-4-12(21-9-16(24)25)19(20)27-18-14(23)8-15(26-2)10(17(18)20)7-13(11)22;;/h8,11-13,19,21,23H,3-7,9H2,1-2H3,(H,24,25);2*1H/t11-,12-,13+,19-,20-;;/m0../s1. The zero-order chi connectivity index (χ0) is 18.9. The summed E-state index contributed by atoms with van der Waals surface area (Å²) in [5.41, 5.74) is 2.10. The molecular weight excluding hydrogens is 419 g/mol. The normalized spacial score (nSPS) is 33.6. The number of carbonyl (C=O) groups is 1. The van der Waals surface area contributed by atoms with E-state index in [1.807, 2.05) is 0 Å². The minimum Gasteiger partial charge on any atom is -0.504 e. The number of hydrogen-bond donors (Lipinski definition) is 3. The Morgan fingerprint density at radius 1 is 1.41 bits per heavy atom. The Hall–Kier alpha value is -1.41. The molecule has 2 aliphatic carbocycles. The quantitative estimate of drug-likeness (QED) is 0.650. The number of nitrogens with zero attached hydrogens (tertiary/aromatic N) is 1. The van der Waals surface area contributed by atoms with E-state index in [-0.39, 0.29) is 54.7 Å². The molecule has 1 aromatic carbocycles. The monoisotopic (exact) mass is 446 g/mol. The fraction of sp³-hybridized carbons (Fsp3) is 0.650. The molecule has 2 bridgehead atoms. The van der Waals surface area contributed by atoms with Crippen LogP contribution in [-0.2, 0) is 16.6 Å². The van der Waals surface area contributed by atoms with Crippen LogP contribution in [0.25, 0.3) is 0 Å². The fourth-order valence-corrected chi connectivity index (χ4v) is 6.40. The van der Waals surface area contributed by atoms with Gasteiger partial charge in [0.05, 0.1) is 13.7 Å². The molecular formula is C20H28Cl2N2O5. The molecule has 0 amide bonds. The van der Waals surface area contributed by atoms with E-state index in [4.69, 9.17) is 14.6 Å². The highest BCUT2D eigenvalue weighted by Crippen LogP contribution is 2.65. The Morgan fingerprint density at radius 2 is 2.17 bits per heavy atom. The van der Waals surface area contributed by atoms with Gasteiger partial charge >= 0.3 is 5.97 Å². The first-order valence-corrected chi connectivity index (χ1v) is 9.72. The van der Waals surface area contributed by atoms with Crippen LogP contribution in [-0.4, -0.2) is 66.5 Å². The summed E-state index contributed by atoms with van der Waals surface area (Å²) < 4.78 is 12.0. The number of likely N-dealkylation sites (N-methyl/N-ethyl adjacent to an activating group) is 1. The molecule has 3 N–H and O–H groups in total. The van der Waals surface area contributed by atoms with E-state index in [0.29, 0.717) is 17.7 Å². The number of ether oxygens (including phenoxy) is 2. The summed E-state index contributed by atoms with van der Waals surface area (Å²) in [5, 5.41) is 23.0. The van der Waals surface area contributed by atoms with Gasteiger partial charge in [0.2, 0.25) is 0 Å². The molecule has 7 nitrogen and oxygen atoms in total. The maximum absolute atomic E-state index is 11.1. The number of hydrogen-bond acceptors (Lipinski definition) is 6. The molecule has 0 unspecified atom stereocenters. The van der Waals surface area contributed by atoms with Crippen LogP contribution in [0.3, 0.4) is 0 Å². The molecule has 2 heterocycles. The molecule has 9 heteroatoms. The predicted octanol–water partition coefficient (Wildman–Crippen LogP) is 1.96. The van der Waals surface area contributed by atoms with Crippen LogP contribution in [0.2, 0.25) is 0 Å². The summed E-state index contributed by atoms with van der Waals surface area (Å²) in [7, 11) is 3.84. The lowest BCUT2D eigenvalue weighted by atomic mass is 9.51. The van der Waals surface area contributed by atoms with Crippen molar-refractivity contribution in [2.75, 3.05) is 27.2 Å². The molecule has 0 radical (unpaired) electrons. The Labute approximate surface area is 182 Å². The van der Waals surface area contributed by atoms with Gasteiger partial charge in [0, 0.05) is 34.7 Å². The number of rotatable bonds is 4. The molecule has 1 saturated heterocycles. The maximum atomic E-state index is 11.1. The van der Waals surface area contributed by atoms with Crippen LogP contribution in [0.4, 0.5) is 0 Å². The van der Waals surface area contributed by atoms with Gasteiger partial charge in [-0.1, -0.05) is 0 Å². The predicted molar refractivity (Wildman–Crippen MR) is 112 cm³/mol. The first-order chi connectivity index (χ1) is 13.0. The Balaban J connectivity index is 0.00000120. The van der Waals surface area contributed by atoms with E-state index >= 15 is 0 Å². The van der Waals surface area contributed by atoms with Crippen molar-refractivity contribution in [1.29, 1.82) is 0 Å². The minimum atomic E-state index is -0.861. The van der Waals surface area contributed by atoms with Crippen LogP contribution in [0, 0.1) is 5.92 Å². The highest BCUT2D eigenvalue weighted by atomic mass is 35.5. The third-order valence-electron chi connectivity index (χ3n) is 7.42. The fourth-order valence-electron chi connectivity index (χ4n) is 6.40. The molecule has 1 aromatic rings. The molecule has 2 fully saturated rings. The van der Waals surface area contributed by atoms with Gasteiger partial charge in [0.15, 0.2) is 11.5 Å². The summed E-state index contributed by atoms with van der Waals surface area (Å²) in [6.07, 6.45) is 3.61. The number of benzene rings is 1. The van der Waals surface area contributed by atoms with Crippen LogP contribution in [0.1, 0.15) is 30.4 Å². The molecule has 5 atom stereocenters. The van der Waals surface area contributed by atoms with E-state index < -0.39 is 5.97 Å². The smallest absolute Gasteiger partial charge is 0.317 e. The first-order valence-electron chi connectivity index (χ1n) is 9.72. The molecule has 4 aliphatic rings. The summed E-state index contributed by atoms with van der Waals surface area (Å²) >= 11 is 0. The second-order valence-corrected chi connectivity index (χ2v) is 8.43. The molecule has 29 heavy (non-hydrogen) atoms. The van der Waals surface area contributed by atoms with Crippen molar-refractivity contribution < 1.29 is 24.5 Å². The number of methoxy groups -OCH3 is 1. The van der Waals surface area contributed by atoms with Gasteiger partial charge in [0.25, 0.3) is 0 Å². The number of nitrogens with one attached hydrogen (secondary N) is 1. The van der Waals surface area contributed by atoms with Gasteiger partial charge in [-0.2, -0.15) is 0 Å². The number of phenolic OH excluding ortho intramolecular Hbond substituents is 1. The van der Waals surface area contributed by atoms with Crippen molar-refractivity contribution >= 4 is 30.8 Å². The van der Waals surface area contributed by atoms with Gasteiger partial charge in [-0.25, -0.2) is 0 Å². The lowest BCUT2D eigenvalue weighted by Crippen LogP contribution is -2.68. The van der Waals surface area contributed by atoms with Gasteiger partial charge in [0.1, 0.15) is 11.9 Å². The van der Waals surface area contributed by atoms with Crippen LogP contribution in [0.5, 0.6) is 17.2 Å². The number of halogens is 2. The molecule has 2 aliphatic heterocycles. The summed E-state index contributed by atoms with van der Waals surface area (Å²) in [4.78, 5) is 13.6. The third kappa shape index (κ3) is 2.89. The lowest BCUT2D eigenvalue weighted by molar-refractivity contribution is -0.136. The highest BCUT2D eigenvalue weighted by molar-refractivity contribution is 5.85. The number of piperidine rings is 1. The summed E-state index contributed by atoms with van der Waals surface area (Å²) in [5.74, 6) is 1.04. The molecule has 0 aromatic heterocycles. The van der Waals surface area contributed by atoms with E-state index in [0.717, 1.165) is 49.1 Å². The van der Waals surface area contributed by atoms with Crippen LogP contribution < -0.4 is 14.8 Å². The van der Waals surface area contributed by atoms with E-state index in [1.165, 1.54) is 0 Å². The zero-order valence-electron chi connectivity index (χ0n) is 16.5. The van der Waals surface area contributed by atoms with Crippen molar-refractivity contribution in [1.82, 2.24) is 10.2 Å². The van der Waals surface area contributed by atoms with E-state index in [1.54, 1.807) is 13.2 Å². The third-order valence-corrected chi connectivity index (χ3v) is 7.42. The number of aromatic hydroxyl groups is 1. The van der Waals surface area contributed by atoms with Crippen LogP contribution >= 0.6 is 24.8 Å². The average Bonchev–Trinajstić information content (AvgIpc) is 2.99. The first kappa shape index (κ1) is 22.3. The van der Waals surface area contributed by atoms with Crippen molar-refractivity contribution in [2.24, 2.45) is 5.92 Å². The van der Waals surface area contributed by atoms with Crippen molar-refractivity contribution in [2.45, 2.75) is 49.3 Å². The Morgan fingerprint density at radius 3 is 2.86 bits per heavy atom. The second kappa shape index (κ2) is 7.69. The van der Waals surface area contributed by atoms with Gasteiger partial charge in [-0.05, 0) is 45.2 Å². The van der Waals surface area contributed by atoms with Gasteiger partial charge in [-0.3, -0.25) is 4.79 Å². The van der Waals surface area contributed by atoms with Crippen LogP contribution in [0.15, 0.2) is 6.07 Å². The highest BCUT2D eigenvalue weighted by Gasteiger charge is 2.65.